The van der Waals surface area contributed by atoms with Crippen molar-refractivity contribution in [1.82, 2.24) is 10.2 Å². The van der Waals surface area contributed by atoms with Crippen LogP contribution in [0.1, 0.15) is 47.0 Å². The number of rotatable bonds is 6. The van der Waals surface area contributed by atoms with Crippen LogP contribution in [0.3, 0.4) is 0 Å². The van der Waals surface area contributed by atoms with E-state index in [1.807, 2.05) is 20.8 Å². The van der Waals surface area contributed by atoms with E-state index in [0.29, 0.717) is 6.04 Å². The van der Waals surface area contributed by atoms with Gasteiger partial charge in [0, 0.05) is 19.6 Å². The number of carbonyl (C=O) groups excluding carboxylic acids is 1. The molecule has 0 aromatic heterocycles. The molecule has 4 atom stereocenters. The summed E-state index contributed by atoms with van der Waals surface area (Å²) in [6.45, 7) is 9.66. The summed E-state index contributed by atoms with van der Waals surface area (Å²) in [7, 11) is 1.80. The van der Waals surface area contributed by atoms with Gasteiger partial charge in [0.25, 0.3) is 0 Å². The van der Waals surface area contributed by atoms with E-state index in [2.05, 4.69) is 24.4 Å². The number of ether oxygens (including phenoxy) is 1. The molecule has 2 aliphatic carbocycles. The summed E-state index contributed by atoms with van der Waals surface area (Å²) in [5.74, 6) is 2.41. The second-order valence-corrected chi connectivity index (χ2v) is 7.94. The van der Waals surface area contributed by atoms with Crippen LogP contribution in [0.25, 0.3) is 0 Å². The zero-order chi connectivity index (χ0) is 16.3. The summed E-state index contributed by atoms with van der Waals surface area (Å²) in [6.07, 6.45) is 8.22. The summed E-state index contributed by atoms with van der Waals surface area (Å²) in [5, 5.41) is 3.64. The summed E-state index contributed by atoms with van der Waals surface area (Å²) in [4.78, 5) is 13.5. The predicted octanol–water partition coefficient (Wildman–Crippen LogP) is 3.43. The van der Waals surface area contributed by atoms with E-state index in [0.717, 1.165) is 37.3 Å². The van der Waals surface area contributed by atoms with Crippen LogP contribution >= 0.6 is 0 Å². The van der Waals surface area contributed by atoms with Gasteiger partial charge < -0.3 is 15.0 Å². The maximum Gasteiger partial charge on any atom is 0.410 e. The topological polar surface area (TPSA) is 41.6 Å². The Bertz CT molecular complexity index is 414. The molecule has 0 saturated heterocycles. The first-order chi connectivity index (χ1) is 10.3. The van der Waals surface area contributed by atoms with Crippen LogP contribution in [0.4, 0.5) is 4.79 Å². The third kappa shape index (κ3) is 4.73. The Kier molecular flexibility index (Phi) is 5.54. The molecule has 2 aliphatic rings. The number of nitrogens with zero attached hydrogens (tertiary/aromatic N) is 1. The van der Waals surface area contributed by atoms with Crippen LogP contribution < -0.4 is 5.32 Å². The van der Waals surface area contributed by atoms with Gasteiger partial charge in [0.15, 0.2) is 0 Å². The van der Waals surface area contributed by atoms with Crippen molar-refractivity contribution < 1.29 is 9.53 Å². The zero-order valence-electron chi connectivity index (χ0n) is 14.8. The Morgan fingerprint density at radius 3 is 2.64 bits per heavy atom. The number of carbonyl (C=O) groups is 1. The largest absolute Gasteiger partial charge is 0.444 e. The molecule has 0 spiro atoms. The van der Waals surface area contributed by atoms with E-state index in [4.69, 9.17) is 4.74 Å². The molecule has 4 unspecified atom stereocenters. The lowest BCUT2D eigenvalue weighted by atomic mass is 9.87. The Hall–Kier alpha value is -1.03. The van der Waals surface area contributed by atoms with Crippen molar-refractivity contribution in [2.45, 2.75) is 58.6 Å². The van der Waals surface area contributed by atoms with E-state index in [-0.39, 0.29) is 6.09 Å². The lowest BCUT2D eigenvalue weighted by molar-refractivity contribution is 0.0297. The molecule has 22 heavy (non-hydrogen) atoms. The van der Waals surface area contributed by atoms with Crippen molar-refractivity contribution in [1.29, 1.82) is 0 Å². The summed E-state index contributed by atoms with van der Waals surface area (Å²) < 4.78 is 5.35. The highest BCUT2D eigenvalue weighted by Gasteiger charge is 2.38. The molecule has 4 heteroatoms. The van der Waals surface area contributed by atoms with Crippen LogP contribution in [0.2, 0.25) is 0 Å². The maximum atomic E-state index is 11.9. The van der Waals surface area contributed by atoms with Gasteiger partial charge in [0.1, 0.15) is 5.60 Å². The number of nitrogens with one attached hydrogen (secondary N) is 1. The van der Waals surface area contributed by atoms with Gasteiger partial charge in [0.2, 0.25) is 0 Å². The minimum atomic E-state index is -0.423. The standard InChI is InChI=1S/C18H32N2O2/c1-13(16-12-14-7-8-15(16)11-14)19-9-6-10-20(5)17(21)22-18(2,3)4/h7-8,13-16,19H,6,9-12H2,1-5H3. The SMILES string of the molecule is CC(NCCCN(C)C(=O)OC(C)(C)C)C1CC2C=CC1C2. The van der Waals surface area contributed by atoms with E-state index in [1.54, 1.807) is 11.9 Å². The second-order valence-electron chi connectivity index (χ2n) is 7.94. The van der Waals surface area contributed by atoms with Gasteiger partial charge >= 0.3 is 6.09 Å². The lowest BCUT2D eigenvalue weighted by Gasteiger charge is -2.27. The molecular formula is C18H32N2O2. The van der Waals surface area contributed by atoms with Crippen LogP contribution in [0, 0.1) is 17.8 Å². The third-order valence-corrected chi connectivity index (χ3v) is 4.81. The molecule has 0 radical (unpaired) electrons. The van der Waals surface area contributed by atoms with Crippen molar-refractivity contribution in [3.05, 3.63) is 12.2 Å². The van der Waals surface area contributed by atoms with Gasteiger partial charge in [-0.15, -0.1) is 0 Å². The van der Waals surface area contributed by atoms with Crippen molar-refractivity contribution in [3.8, 4) is 0 Å². The van der Waals surface area contributed by atoms with E-state index < -0.39 is 5.60 Å². The minimum absolute atomic E-state index is 0.237. The van der Waals surface area contributed by atoms with Crippen LogP contribution in [0.5, 0.6) is 0 Å². The minimum Gasteiger partial charge on any atom is -0.444 e. The van der Waals surface area contributed by atoms with Crippen molar-refractivity contribution >= 4 is 6.09 Å². The number of amides is 1. The molecule has 1 saturated carbocycles. The number of allylic oxidation sites excluding steroid dienone is 2. The monoisotopic (exact) mass is 308 g/mol. The molecule has 1 amide bonds. The fourth-order valence-electron chi connectivity index (χ4n) is 3.63. The second kappa shape index (κ2) is 7.03. The van der Waals surface area contributed by atoms with Crippen molar-refractivity contribution in [3.63, 3.8) is 0 Å². The highest BCUT2D eigenvalue weighted by Crippen LogP contribution is 2.44. The molecule has 1 N–H and O–H groups in total. The summed E-state index contributed by atoms with van der Waals surface area (Å²) >= 11 is 0. The number of fused-ring (bicyclic) bond motifs is 2. The fraction of sp³-hybridized carbons (Fsp3) is 0.833. The van der Waals surface area contributed by atoms with Crippen molar-refractivity contribution in [2.24, 2.45) is 17.8 Å². The molecule has 0 aromatic rings. The average molecular weight is 308 g/mol. The third-order valence-electron chi connectivity index (χ3n) is 4.81. The first kappa shape index (κ1) is 17.3. The molecule has 0 aromatic carbocycles. The highest BCUT2D eigenvalue weighted by atomic mass is 16.6. The number of hydrogen-bond acceptors (Lipinski definition) is 3. The van der Waals surface area contributed by atoms with E-state index >= 15 is 0 Å². The molecular weight excluding hydrogens is 276 g/mol. The molecule has 2 bridgehead atoms. The first-order valence-electron chi connectivity index (χ1n) is 8.62. The first-order valence-corrected chi connectivity index (χ1v) is 8.62. The summed E-state index contributed by atoms with van der Waals surface area (Å²) in [5.41, 5.74) is -0.423. The van der Waals surface area contributed by atoms with Crippen LogP contribution in [0.15, 0.2) is 12.2 Å². The normalized spacial score (nSPS) is 28.0. The molecule has 126 valence electrons. The van der Waals surface area contributed by atoms with Crippen LogP contribution in [-0.4, -0.2) is 42.8 Å². The Morgan fingerprint density at radius 1 is 1.36 bits per heavy atom. The molecule has 0 heterocycles. The molecule has 0 aliphatic heterocycles. The van der Waals surface area contributed by atoms with Crippen molar-refractivity contribution in [2.75, 3.05) is 20.1 Å². The molecule has 1 fully saturated rings. The Balaban J connectivity index is 1.60. The van der Waals surface area contributed by atoms with Gasteiger partial charge in [0.05, 0.1) is 0 Å². The Labute approximate surface area is 135 Å². The Morgan fingerprint density at radius 2 is 2.09 bits per heavy atom. The van der Waals surface area contributed by atoms with Gasteiger partial charge in [-0.3, -0.25) is 0 Å². The smallest absolute Gasteiger partial charge is 0.410 e. The van der Waals surface area contributed by atoms with Crippen LogP contribution in [-0.2, 0) is 4.74 Å². The van der Waals surface area contributed by atoms with E-state index in [9.17, 15) is 4.79 Å². The summed E-state index contributed by atoms with van der Waals surface area (Å²) in [6, 6.07) is 0.562. The van der Waals surface area contributed by atoms with Gasteiger partial charge in [-0.25, -0.2) is 4.79 Å². The zero-order valence-corrected chi connectivity index (χ0v) is 14.8. The predicted molar refractivity (Wildman–Crippen MR) is 89.8 cm³/mol. The lowest BCUT2D eigenvalue weighted by Crippen LogP contribution is -2.38. The fourth-order valence-corrected chi connectivity index (χ4v) is 3.63. The van der Waals surface area contributed by atoms with Gasteiger partial charge in [-0.1, -0.05) is 12.2 Å². The molecule has 4 nitrogen and oxygen atoms in total. The van der Waals surface area contributed by atoms with E-state index in [1.165, 1.54) is 12.8 Å². The quantitative estimate of drug-likeness (QED) is 0.604. The molecule has 2 rings (SSSR count). The number of hydrogen-bond donors (Lipinski definition) is 1. The van der Waals surface area contributed by atoms with Gasteiger partial charge in [-0.05, 0) is 71.3 Å². The average Bonchev–Trinajstić information content (AvgIpc) is 3.03. The highest BCUT2D eigenvalue weighted by molar-refractivity contribution is 5.67. The maximum absolute atomic E-state index is 11.9. The van der Waals surface area contributed by atoms with Gasteiger partial charge in [-0.2, -0.15) is 0 Å².